The van der Waals surface area contributed by atoms with Gasteiger partial charge >= 0.3 is 0 Å². The third-order valence-electron chi connectivity index (χ3n) is 3.83. The summed E-state index contributed by atoms with van der Waals surface area (Å²) in [5, 5.41) is 11.3. The van der Waals surface area contributed by atoms with Crippen LogP contribution >= 0.6 is 0 Å². The molecule has 8 heteroatoms. The van der Waals surface area contributed by atoms with E-state index in [2.05, 4.69) is 42.2 Å². The molecular weight excluding hydrogens is 280 g/mol. The second-order valence-electron chi connectivity index (χ2n) is 5.39. The van der Waals surface area contributed by atoms with E-state index in [1.807, 2.05) is 23.9 Å². The first kappa shape index (κ1) is 14.7. The van der Waals surface area contributed by atoms with Gasteiger partial charge in [0.25, 0.3) is 0 Å². The maximum absolute atomic E-state index is 4.56. The fourth-order valence-electron chi connectivity index (χ4n) is 2.54. The summed E-state index contributed by atoms with van der Waals surface area (Å²) in [6.07, 6.45) is 3.55. The van der Waals surface area contributed by atoms with Crippen LogP contribution in [0.5, 0.6) is 0 Å². The molecule has 22 heavy (non-hydrogen) atoms. The van der Waals surface area contributed by atoms with Gasteiger partial charge in [-0.15, -0.1) is 10.2 Å². The lowest BCUT2D eigenvalue weighted by Crippen LogP contribution is -2.46. The molecular formula is C14H22N8. The van der Waals surface area contributed by atoms with Gasteiger partial charge in [-0.2, -0.15) is 4.98 Å². The van der Waals surface area contributed by atoms with Crippen LogP contribution in [0.3, 0.4) is 0 Å². The van der Waals surface area contributed by atoms with Crippen LogP contribution in [0.15, 0.2) is 18.6 Å². The van der Waals surface area contributed by atoms with Crippen LogP contribution in [-0.4, -0.2) is 62.4 Å². The van der Waals surface area contributed by atoms with Crippen molar-refractivity contribution < 1.29 is 0 Å². The maximum Gasteiger partial charge on any atom is 0.227 e. The molecule has 1 N–H and O–H groups in total. The highest BCUT2D eigenvalue weighted by molar-refractivity contribution is 5.41. The number of nitrogens with one attached hydrogen (secondary N) is 1. The summed E-state index contributed by atoms with van der Waals surface area (Å²) in [7, 11) is 1.98. The molecule has 118 valence electrons. The van der Waals surface area contributed by atoms with Crippen LogP contribution < -0.4 is 10.2 Å². The van der Waals surface area contributed by atoms with Gasteiger partial charge in [0.2, 0.25) is 5.95 Å². The molecule has 0 amide bonds. The van der Waals surface area contributed by atoms with Gasteiger partial charge in [-0.1, -0.05) is 0 Å². The predicted octanol–water partition coefficient (Wildman–Crippen LogP) is 0.359. The molecule has 1 aliphatic rings. The first-order valence-corrected chi connectivity index (χ1v) is 7.63. The van der Waals surface area contributed by atoms with Crippen LogP contribution in [0.25, 0.3) is 0 Å². The van der Waals surface area contributed by atoms with Crippen LogP contribution in [0.4, 0.5) is 11.8 Å². The standard InChI is InChI=1S/C14H22N8/c1-3-15-12-4-5-16-14(18-12)22-8-6-21(7-9-22)10-13-19-17-11-20(13)2/h4-5,11H,3,6-10H2,1-2H3,(H,15,16,18). The van der Waals surface area contributed by atoms with Crippen LogP contribution in [0.1, 0.15) is 12.7 Å². The highest BCUT2D eigenvalue weighted by Crippen LogP contribution is 2.14. The molecule has 1 fully saturated rings. The molecule has 0 bridgehead atoms. The molecule has 3 rings (SSSR count). The average Bonchev–Trinajstić information content (AvgIpc) is 2.94. The lowest BCUT2D eigenvalue weighted by atomic mass is 10.3. The van der Waals surface area contributed by atoms with E-state index in [-0.39, 0.29) is 0 Å². The SMILES string of the molecule is CCNc1ccnc(N2CCN(Cc3nncn3C)CC2)n1. The summed E-state index contributed by atoms with van der Waals surface area (Å²) in [6, 6.07) is 1.90. The lowest BCUT2D eigenvalue weighted by Gasteiger charge is -2.34. The molecule has 0 radical (unpaired) electrons. The van der Waals surface area contributed by atoms with Gasteiger partial charge in [0.1, 0.15) is 18.0 Å². The summed E-state index contributed by atoms with van der Waals surface area (Å²) < 4.78 is 1.97. The summed E-state index contributed by atoms with van der Waals surface area (Å²) >= 11 is 0. The smallest absolute Gasteiger partial charge is 0.227 e. The number of rotatable bonds is 5. The Morgan fingerprint density at radius 3 is 2.73 bits per heavy atom. The Morgan fingerprint density at radius 1 is 1.23 bits per heavy atom. The van der Waals surface area contributed by atoms with Gasteiger partial charge in [-0.25, -0.2) is 4.98 Å². The molecule has 0 aromatic carbocycles. The average molecular weight is 302 g/mol. The topological polar surface area (TPSA) is 75.0 Å². The van der Waals surface area contributed by atoms with Crippen LogP contribution in [0.2, 0.25) is 0 Å². The van der Waals surface area contributed by atoms with Crippen molar-refractivity contribution in [1.29, 1.82) is 0 Å². The van der Waals surface area contributed by atoms with E-state index < -0.39 is 0 Å². The highest BCUT2D eigenvalue weighted by Gasteiger charge is 2.20. The Labute approximate surface area is 130 Å². The number of nitrogens with zero attached hydrogens (tertiary/aromatic N) is 7. The zero-order valence-corrected chi connectivity index (χ0v) is 13.1. The van der Waals surface area contributed by atoms with E-state index in [0.717, 1.165) is 56.9 Å². The quantitative estimate of drug-likeness (QED) is 0.854. The minimum absolute atomic E-state index is 0.803. The van der Waals surface area contributed by atoms with Gasteiger partial charge in [0.05, 0.1) is 6.54 Å². The third kappa shape index (κ3) is 3.33. The monoisotopic (exact) mass is 302 g/mol. The summed E-state index contributed by atoms with van der Waals surface area (Å²) in [6.45, 7) is 7.56. The number of anilines is 2. The van der Waals surface area contributed by atoms with E-state index in [9.17, 15) is 0 Å². The van der Waals surface area contributed by atoms with Gasteiger partial charge in [0.15, 0.2) is 0 Å². The van der Waals surface area contributed by atoms with E-state index in [1.165, 1.54) is 0 Å². The Bertz CT molecular complexity index is 602. The van der Waals surface area contributed by atoms with Crippen molar-refractivity contribution in [3.8, 4) is 0 Å². The van der Waals surface area contributed by atoms with Crippen molar-refractivity contribution in [2.24, 2.45) is 7.05 Å². The molecule has 0 atom stereocenters. The van der Waals surface area contributed by atoms with Crippen molar-refractivity contribution in [2.75, 3.05) is 42.9 Å². The molecule has 2 aromatic rings. The van der Waals surface area contributed by atoms with Crippen LogP contribution in [-0.2, 0) is 13.6 Å². The summed E-state index contributed by atoms with van der Waals surface area (Å²) in [5.74, 6) is 2.68. The summed E-state index contributed by atoms with van der Waals surface area (Å²) in [5.41, 5.74) is 0. The lowest BCUT2D eigenvalue weighted by molar-refractivity contribution is 0.240. The normalized spacial score (nSPS) is 16.0. The summed E-state index contributed by atoms with van der Waals surface area (Å²) in [4.78, 5) is 13.6. The second kappa shape index (κ2) is 6.69. The number of hydrogen-bond acceptors (Lipinski definition) is 7. The molecule has 8 nitrogen and oxygen atoms in total. The van der Waals surface area contributed by atoms with Crippen LogP contribution in [0, 0.1) is 0 Å². The molecule has 0 saturated carbocycles. The Morgan fingerprint density at radius 2 is 2.05 bits per heavy atom. The van der Waals surface area contributed by atoms with Gasteiger partial charge in [0, 0.05) is 46.0 Å². The van der Waals surface area contributed by atoms with Crippen molar-refractivity contribution in [3.05, 3.63) is 24.4 Å². The van der Waals surface area contributed by atoms with Crippen molar-refractivity contribution in [3.63, 3.8) is 0 Å². The van der Waals surface area contributed by atoms with Crippen molar-refractivity contribution in [1.82, 2.24) is 29.6 Å². The van der Waals surface area contributed by atoms with E-state index in [0.29, 0.717) is 0 Å². The second-order valence-corrected chi connectivity index (χ2v) is 5.39. The fraction of sp³-hybridized carbons (Fsp3) is 0.571. The molecule has 1 saturated heterocycles. The van der Waals surface area contributed by atoms with Gasteiger partial charge in [-0.3, -0.25) is 4.90 Å². The van der Waals surface area contributed by atoms with Gasteiger partial charge in [-0.05, 0) is 13.0 Å². The Balaban J connectivity index is 1.57. The molecule has 0 aliphatic carbocycles. The number of aryl methyl sites for hydroxylation is 1. The van der Waals surface area contributed by atoms with E-state index in [1.54, 1.807) is 6.33 Å². The van der Waals surface area contributed by atoms with Gasteiger partial charge < -0.3 is 14.8 Å². The zero-order valence-electron chi connectivity index (χ0n) is 13.1. The molecule has 1 aliphatic heterocycles. The Hall–Kier alpha value is -2.22. The molecule has 2 aromatic heterocycles. The molecule has 3 heterocycles. The first-order chi connectivity index (χ1) is 10.8. The zero-order chi connectivity index (χ0) is 15.4. The minimum atomic E-state index is 0.803. The van der Waals surface area contributed by atoms with Crippen molar-refractivity contribution in [2.45, 2.75) is 13.5 Å². The van der Waals surface area contributed by atoms with E-state index in [4.69, 9.17) is 0 Å². The first-order valence-electron chi connectivity index (χ1n) is 7.63. The van der Waals surface area contributed by atoms with Crippen molar-refractivity contribution >= 4 is 11.8 Å². The number of aromatic nitrogens is 5. The number of piperazine rings is 1. The largest absolute Gasteiger partial charge is 0.370 e. The number of hydrogen-bond donors (Lipinski definition) is 1. The maximum atomic E-state index is 4.56. The minimum Gasteiger partial charge on any atom is -0.370 e. The van der Waals surface area contributed by atoms with E-state index >= 15 is 0 Å². The third-order valence-corrected chi connectivity index (χ3v) is 3.83. The molecule has 0 unspecified atom stereocenters. The predicted molar refractivity (Wildman–Crippen MR) is 84.7 cm³/mol. The Kier molecular flexibility index (Phi) is 4.47. The fourth-order valence-corrected chi connectivity index (χ4v) is 2.54. The molecule has 0 spiro atoms. The highest BCUT2D eigenvalue weighted by atomic mass is 15.3.